The smallest absolute Gasteiger partial charge is 0.310 e. The minimum atomic E-state index is -0.207. The van der Waals surface area contributed by atoms with Crippen LogP contribution < -0.4 is 0 Å². The van der Waals surface area contributed by atoms with Gasteiger partial charge < -0.3 is 4.74 Å². The molecule has 2 aromatic rings. The fourth-order valence-electron chi connectivity index (χ4n) is 2.67. The van der Waals surface area contributed by atoms with Crippen LogP contribution in [0.25, 0.3) is 0 Å². The Labute approximate surface area is 138 Å². The maximum Gasteiger partial charge on any atom is 0.310 e. The van der Waals surface area contributed by atoms with Crippen LogP contribution in [0.15, 0.2) is 24.3 Å². The van der Waals surface area contributed by atoms with Crippen molar-refractivity contribution in [3.05, 3.63) is 52.3 Å². The number of esters is 1. The number of hydrogen-bond donors (Lipinski definition) is 0. The predicted octanol–water partition coefficient (Wildman–Crippen LogP) is 3.75. The number of aromatic nitrogens is 2. The third kappa shape index (κ3) is 4.68. The highest BCUT2D eigenvalue weighted by atomic mass is 16.5. The molecule has 0 N–H and O–H groups in total. The molecule has 0 atom stereocenters. The first kappa shape index (κ1) is 17.3. The molecule has 0 aliphatic heterocycles. The van der Waals surface area contributed by atoms with Crippen LogP contribution in [0.4, 0.5) is 0 Å². The van der Waals surface area contributed by atoms with Crippen LogP contribution in [0.2, 0.25) is 0 Å². The lowest BCUT2D eigenvalue weighted by atomic mass is 10.1. The van der Waals surface area contributed by atoms with Gasteiger partial charge >= 0.3 is 5.97 Å². The predicted molar refractivity (Wildman–Crippen MR) is 91.2 cm³/mol. The fourth-order valence-corrected chi connectivity index (χ4v) is 2.67. The van der Waals surface area contributed by atoms with E-state index in [-0.39, 0.29) is 12.4 Å². The molecule has 0 aliphatic rings. The van der Waals surface area contributed by atoms with Gasteiger partial charge in [-0.2, -0.15) is 5.10 Å². The summed E-state index contributed by atoms with van der Waals surface area (Å²) in [6.45, 7) is 11.5. The van der Waals surface area contributed by atoms with E-state index in [1.165, 1.54) is 5.56 Å². The summed E-state index contributed by atoms with van der Waals surface area (Å²) in [5.74, 6) is 0.316. The fraction of sp³-hybridized carbons (Fsp3) is 0.474. The molecule has 1 heterocycles. The molecule has 0 fully saturated rings. The third-order valence-electron chi connectivity index (χ3n) is 3.87. The number of nitrogens with zero attached hydrogens (tertiary/aromatic N) is 2. The summed E-state index contributed by atoms with van der Waals surface area (Å²) in [4.78, 5) is 12.1. The van der Waals surface area contributed by atoms with Gasteiger partial charge in [0.1, 0.15) is 6.61 Å². The Hall–Kier alpha value is -2.10. The summed E-state index contributed by atoms with van der Waals surface area (Å²) in [6, 6.07) is 8.01. The zero-order valence-corrected chi connectivity index (χ0v) is 14.7. The number of rotatable bonds is 6. The summed E-state index contributed by atoms with van der Waals surface area (Å²) in [5.41, 5.74) is 5.14. The van der Waals surface area contributed by atoms with Crippen molar-refractivity contribution in [2.75, 3.05) is 0 Å². The Kier molecular flexibility index (Phi) is 5.59. The number of benzene rings is 1. The van der Waals surface area contributed by atoms with Crippen molar-refractivity contribution in [1.29, 1.82) is 0 Å². The molecule has 0 amide bonds. The van der Waals surface area contributed by atoms with Crippen molar-refractivity contribution < 1.29 is 9.53 Å². The molecule has 2 rings (SSSR count). The molecule has 0 saturated carbocycles. The average molecular weight is 314 g/mol. The molecule has 0 radical (unpaired) electrons. The van der Waals surface area contributed by atoms with Gasteiger partial charge in [0.05, 0.1) is 12.1 Å². The van der Waals surface area contributed by atoms with E-state index < -0.39 is 0 Å². The van der Waals surface area contributed by atoms with E-state index in [0.717, 1.165) is 29.1 Å². The second-order valence-electron chi connectivity index (χ2n) is 6.55. The zero-order chi connectivity index (χ0) is 17.0. The maximum absolute atomic E-state index is 12.1. The molecule has 1 aromatic carbocycles. The molecule has 1 aromatic heterocycles. The second-order valence-corrected chi connectivity index (χ2v) is 6.55. The van der Waals surface area contributed by atoms with Gasteiger partial charge in [0.15, 0.2) is 0 Å². The van der Waals surface area contributed by atoms with Gasteiger partial charge in [0, 0.05) is 17.8 Å². The minimum absolute atomic E-state index is 0.207. The van der Waals surface area contributed by atoms with E-state index in [9.17, 15) is 4.79 Å². The topological polar surface area (TPSA) is 44.1 Å². The van der Waals surface area contributed by atoms with Crippen LogP contribution in [0.5, 0.6) is 0 Å². The summed E-state index contributed by atoms with van der Waals surface area (Å²) in [7, 11) is 0. The summed E-state index contributed by atoms with van der Waals surface area (Å²) in [6.07, 6.45) is 0.279. The zero-order valence-electron chi connectivity index (χ0n) is 14.7. The summed E-state index contributed by atoms with van der Waals surface area (Å²) >= 11 is 0. The molecule has 0 aliphatic carbocycles. The van der Waals surface area contributed by atoms with Crippen molar-refractivity contribution in [2.45, 2.75) is 54.2 Å². The van der Waals surface area contributed by atoms with Crippen LogP contribution in [0, 0.1) is 26.7 Å². The lowest BCUT2D eigenvalue weighted by Gasteiger charge is -2.08. The third-order valence-corrected chi connectivity index (χ3v) is 3.87. The molecular formula is C19H26N2O2. The number of ether oxygens (including phenoxy) is 1. The Morgan fingerprint density at radius 1 is 1.26 bits per heavy atom. The molecule has 0 spiro atoms. The highest BCUT2D eigenvalue weighted by molar-refractivity contribution is 5.73. The average Bonchev–Trinajstić information content (AvgIpc) is 2.72. The number of carbonyl (C=O) groups is 1. The largest absolute Gasteiger partial charge is 0.461 e. The first-order chi connectivity index (χ1) is 10.9. The highest BCUT2D eigenvalue weighted by Gasteiger charge is 2.16. The lowest BCUT2D eigenvalue weighted by Crippen LogP contribution is -2.11. The monoisotopic (exact) mass is 314 g/mol. The van der Waals surface area contributed by atoms with Crippen LogP contribution in [0.3, 0.4) is 0 Å². The molecular weight excluding hydrogens is 288 g/mol. The molecule has 4 heteroatoms. The summed E-state index contributed by atoms with van der Waals surface area (Å²) in [5, 5.41) is 4.54. The quantitative estimate of drug-likeness (QED) is 0.763. The van der Waals surface area contributed by atoms with E-state index in [1.54, 1.807) is 0 Å². The molecule has 23 heavy (non-hydrogen) atoms. The minimum Gasteiger partial charge on any atom is -0.461 e. The Morgan fingerprint density at radius 2 is 2.00 bits per heavy atom. The number of aryl methyl sites for hydroxylation is 2. The second kappa shape index (κ2) is 7.44. The van der Waals surface area contributed by atoms with Crippen molar-refractivity contribution in [3.63, 3.8) is 0 Å². The van der Waals surface area contributed by atoms with E-state index in [2.05, 4.69) is 18.9 Å². The Morgan fingerprint density at radius 3 is 2.65 bits per heavy atom. The molecule has 4 nitrogen and oxygen atoms in total. The van der Waals surface area contributed by atoms with Gasteiger partial charge in [-0.3, -0.25) is 9.48 Å². The molecule has 0 unspecified atom stereocenters. The van der Waals surface area contributed by atoms with Gasteiger partial charge in [0.2, 0.25) is 0 Å². The standard InChI is InChI=1S/C19H26N2O2/c1-13(2)11-21-16(5)18(15(4)20-21)10-19(22)23-12-17-8-6-7-14(3)9-17/h6-9,13H,10-12H2,1-5H3. The normalized spacial score (nSPS) is 11.0. The molecule has 0 bridgehead atoms. The van der Waals surface area contributed by atoms with Crippen molar-refractivity contribution >= 4 is 5.97 Å². The number of hydrogen-bond acceptors (Lipinski definition) is 3. The SMILES string of the molecule is Cc1cccc(COC(=O)Cc2c(C)nn(CC(C)C)c2C)c1. The Balaban J connectivity index is 1.99. The van der Waals surface area contributed by atoms with Gasteiger partial charge in [0.25, 0.3) is 0 Å². The highest BCUT2D eigenvalue weighted by Crippen LogP contribution is 2.16. The van der Waals surface area contributed by atoms with E-state index in [4.69, 9.17) is 4.74 Å². The van der Waals surface area contributed by atoms with Crippen molar-refractivity contribution in [2.24, 2.45) is 5.92 Å². The van der Waals surface area contributed by atoms with Crippen LogP contribution >= 0.6 is 0 Å². The van der Waals surface area contributed by atoms with Crippen LogP contribution in [-0.2, 0) is 29.1 Å². The van der Waals surface area contributed by atoms with Gasteiger partial charge in [-0.1, -0.05) is 43.7 Å². The van der Waals surface area contributed by atoms with Crippen molar-refractivity contribution in [1.82, 2.24) is 9.78 Å². The van der Waals surface area contributed by atoms with Gasteiger partial charge in [-0.25, -0.2) is 0 Å². The first-order valence-electron chi connectivity index (χ1n) is 8.11. The molecule has 0 saturated heterocycles. The van der Waals surface area contributed by atoms with Crippen molar-refractivity contribution in [3.8, 4) is 0 Å². The van der Waals surface area contributed by atoms with Crippen LogP contribution in [0.1, 0.15) is 41.9 Å². The summed E-state index contributed by atoms with van der Waals surface area (Å²) < 4.78 is 7.40. The number of carbonyl (C=O) groups excluding carboxylic acids is 1. The van der Waals surface area contributed by atoms with Gasteiger partial charge in [-0.15, -0.1) is 0 Å². The van der Waals surface area contributed by atoms with E-state index >= 15 is 0 Å². The lowest BCUT2D eigenvalue weighted by molar-refractivity contribution is -0.144. The van der Waals surface area contributed by atoms with Crippen LogP contribution in [-0.4, -0.2) is 15.7 Å². The molecule has 124 valence electrons. The Bertz CT molecular complexity index is 687. The first-order valence-corrected chi connectivity index (χ1v) is 8.11. The maximum atomic E-state index is 12.1. The van der Waals surface area contributed by atoms with E-state index in [0.29, 0.717) is 12.5 Å². The van der Waals surface area contributed by atoms with E-state index in [1.807, 2.05) is 49.7 Å². The van der Waals surface area contributed by atoms with Gasteiger partial charge in [-0.05, 0) is 32.3 Å².